The van der Waals surface area contributed by atoms with Crippen molar-refractivity contribution in [1.82, 2.24) is 9.88 Å². The van der Waals surface area contributed by atoms with Crippen LogP contribution in [0.5, 0.6) is 0 Å². The topological polar surface area (TPSA) is 68.2 Å². The fraction of sp³-hybridized carbons (Fsp3) is 0.235. The Balaban J connectivity index is 2.61. The molecule has 0 aliphatic carbocycles. The zero-order chi connectivity index (χ0) is 16.3. The Labute approximate surface area is 128 Å². The van der Waals surface area contributed by atoms with E-state index in [2.05, 4.69) is 5.32 Å². The van der Waals surface area contributed by atoms with Crippen LogP contribution in [-0.4, -0.2) is 23.8 Å². The molecule has 0 radical (unpaired) electrons. The molecular weight excluding hydrogens is 280 g/mol. The third-order valence-electron chi connectivity index (χ3n) is 3.61. The predicted molar refractivity (Wildman–Crippen MR) is 84.5 cm³/mol. The molecule has 0 bridgehead atoms. The molecule has 0 aliphatic heterocycles. The van der Waals surface area contributed by atoms with E-state index < -0.39 is 11.5 Å². The largest absolute Gasteiger partial charge is 0.355 e. The molecular formula is C17H18N2O3. The Morgan fingerprint density at radius 3 is 2.64 bits per heavy atom. The summed E-state index contributed by atoms with van der Waals surface area (Å²) >= 11 is 0. The van der Waals surface area contributed by atoms with Gasteiger partial charge in [-0.05, 0) is 25.5 Å². The number of nitrogens with zero attached hydrogens (tertiary/aromatic N) is 1. The molecule has 1 heterocycles. The van der Waals surface area contributed by atoms with Crippen LogP contribution in [-0.2, 0) is 0 Å². The van der Waals surface area contributed by atoms with Crippen LogP contribution in [0.1, 0.15) is 44.8 Å². The lowest BCUT2D eigenvalue weighted by molar-refractivity contribution is 0.0961. The lowest BCUT2D eigenvalue weighted by atomic mass is 10.0. The van der Waals surface area contributed by atoms with E-state index in [1.54, 1.807) is 0 Å². The van der Waals surface area contributed by atoms with Gasteiger partial charge in [0.15, 0.2) is 6.29 Å². The first-order valence-corrected chi connectivity index (χ1v) is 6.98. The number of pyridine rings is 1. The summed E-state index contributed by atoms with van der Waals surface area (Å²) in [5.74, 6) is -0.501. The summed E-state index contributed by atoms with van der Waals surface area (Å²) in [7, 11) is 1.45. The van der Waals surface area contributed by atoms with Gasteiger partial charge in [0.2, 0.25) is 0 Å². The maximum absolute atomic E-state index is 12.5. The Morgan fingerprint density at radius 2 is 2.05 bits per heavy atom. The number of carbonyl (C=O) groups is 2. The Morgan fingerprint density at radius 1 is 1.32 bits per heavy atom. The van der Waals surface area contributed by atoms with Crippen LogP contribution < -0.4 is 10.9 Å². The van der Waals surface area contributed by atoms with E-state index in [1.165, 1.54) is 23.9 Å². The third-order valence-corrected chi connectivity index (χ3v) is 3.61. The normalized spacial score (nSPS) is 11.8. The molecule has 0 saturated carbocycles. The van der Waals surface area contributed by atoms with Crippen LogP contribution in [0, 0.1) is 6.92 Å². The predicted octanol–water partition coefficient (Wildman–Crippen LogP) is 1.94. The minimum Gasteiger partial charge on any atom is -0.355 e. The molecule has 2 rings (SSSR count). The van der Waals surface area contributed by atoms with Crippen LogP contribution in [0.3, 0.4) is 0 Å². The first-order chi connectivity index (χ1) is 10.5. The van der Waals surface area contributed by atoms with Gasteiger partial charge in [0.25, 0.3) is 11.5 Å². The van der Waals surface area contributed by atoms with Crippen LogP contribution in [0.15, 0.2) is 41.3 Å². The van der Waals surface area contributed by atoms with Gasteiger partial charge in [0.05, 0.1) is 6.04 Å². The van der Waals surface area contributed by atoms with Gasteiger partial charge in [-0.1, -0.05) is 29.8 Å². The molecule has 0 spiro atoms. The highest BCUT2D eigenvalue weighted by atomic mass is 16.2. The molecule has 1 aromatic carbocycles. The number of aryl methyl sites for hydroxylation is 1. The summed E-state index contributed by atoms with van der Waals surface area (Å²) in [5.41, 5.74) is 1.85. The van der Waals surface area contributed by atoms with Crippen molar-refractivity contribution in [2.75, 3.05) is 7.05 Å². The summed E-state index contributed by atoms with van der Waals surface area (Å²) in [4.78, 5) is 35.5. The standard InChI is InChI=1S/C17H18N2O3/c1-11-5-4-6-14(7-11)12(2)19-9-13(10-20)8-15(17(19)22)16(21)18-3/h4-10,12H,1-3H3,(H,18,21). The van der Waals surface area contributed by atoms with Gasteiger partial charge in [-0.25, -0.2) is 0 Å². The number of amides is 1. The van der Waals surface area contributed by atoms with Crippen LogP contribution >= 0.6 is 0 Å². The first kappa shape index (κ1) is 15.7. The molecule has 1 unspecified atom stereocenters. The van der Waals surface area contributed by atoms with E-state index in [0.717, 1.165) is 11.1 Å². The van der Waals surface area contributed by atoms with E-state index >= 15 is 0 Å². The molecule has 0 saturated heterocycles. The quantitative estimate of drug-likeness (QED) is 0.877. The van der Waals surface area contributed by atoms with E-state index in [0.29, 0.717) is 6.29 Å². The Bertz CT molecular complexity index is 778. The average Bonchev–Trinajstić information content (AvgIpc) is 2.53. The van der Waals surface area contributed by atoms with Crippen molar-refractivity contribution in [2.24, 2.45) is 0 Å². The van der Waals surface area contributed by atoms with Gasteiger partial charge >= 0.3 is 0 Å². The third kappa shape index (κ3) is 2.98. The number of rotatable bonds is 4. The Kier molecular flexibility index (Phi) is 4.56. The molecule has 1 N–H and O–H groups in total. The zero-order valence-electron chi connectivity index (χ0n) is 12.8. The summed E-state index contributed by atoms with van der Waals surface area (Å²) in [6.07, 6.45) is 2.11. The number of nitrogens with one attached hydrogen (secondary N) is 1. The highest BCUT2D eigenvalue weighted by molar-refractivity contribution is 5.95. The monoisotopic (exact) mass is 298 g/mol. The van der Waals surface area contributed by atoms with E-state index in [1.807, 2.05) is 38.1 Å². The second kappa shape index (κ2) is 6.39. The second-order valence-electron chi connectivity index (χ2n) is 5.19. The molecule has 1 aromatic heterocycles. The molecule has 5 nitrogen and oxygen atoms in total. The van der Waals surface area contributed by atoms with E-state index in [-0.39, 0.29) is 17.2 Å². The molecule has 22 heavy (non-hydrogen) atoms. The van der Waals surface area contributed by atoms with Gasteiger partial charge < -0.3 is 9.88 Å². The summed E-state index contributed by atoms with van der Waals surface area (Å²) in [6, 6.07) is 8.80. The van der Waals surface area contributed by atoms with Gasteiger partial charge in [0, 0.05) is 18.8 Å². The van der Waals surface area contributed by atoms with Gasteiger partial charge in [-0.3, -0.25) is 14.4 Å². The van der Waals surface area contributed by atoms with Crippen molar-refractivity contribution < 1.29 is 9.59 Å². The van der Waals surface area contributed by atoms with E-state index in [4.69, 9.17) is 0 Å². The highest BCUT2D eigenvalue weighted by Crippen LogP contribution is 2.18. The Hall–Kier alpha value is -2.69. The highest BCUT2D eigenvalue weighted by Gasteiger charge is 2.17. The summed E-state index contributed by atoms with van der Waals surface area (Å²) in [5, 5.41) is 2.42. The maximum atomic E-state index is 12.5. The molecule has 114 valence electrons. The lowest BCUT2D eigenvalue weighted by Crippen LogP contribution is -2.33. The molecule has 5 heteroatoms. The van der Waals surface area contributed by atoms with Gasteiger partial charge in [0.1, 0.15) is 5.56 Å². The minimum absolute atomic E-state index is 0.0356. The first-order valence-electron chi connectivity index (χ1n) is 6.98. The van der Waals surface area contributed by atoms with Gasteiger partial charge in [-0.2, -0.15) is 0 Å². The van der Waals surface area contributed by atoms with Crippen LogP contribution in [0.4, 0.5) is 0 Å². The minimum atomic E-state index is -0.501. The van der Waals surface area contributed by atoms with Crippen LogP contribution in [0.25, 0.3) is 0 Å². The van der Waals surface area contributed by atoms with E-state index in [9.17, 15) is 14.4 Å². The lowest BCUT2D eigenvalue weighted by Gasteiger charge is -2.17. The van der Waals surface area contributed by atoms with Crippen molar-refractivity contribution >= 4 is 12.2 Å². The number of benzene rings is 1. The molecule has 2 aromatic rings. The van der Waals surface area contributed by atoms with Crippen molar-refractivity contribution in [3.8, 4) is 0 Å². The summed E-state index contributed by atoms with van der Waals surface area (Å²) in [6.45, 7) is 3.83. The maximum Gasteiger partial charge on any atom is 0.263 e. The van der Waals surface area contributed by atoms with Crippen molar-refractivity contribution in [1.29, 1.82) is 0 Å². The van der Waals surface area contributed by atoms with Gasteiger partial charge in [-0.15, -0.1) is 0 Å². The summed E-state index contributed by atoms with van der Waals surface area (Å²) < 4.78 is 1.42. The average molecular weight is 298 g/mol. The number of aromatic nitrogens is 1. The molecule has 0 fully saturated rings. The number of aldehydes is 1. The molecule has 1 amide bonds. The van der Waals surface area contributed by atoms with Crippen molar-refractivity contribution in [2.45, 2.75) is 19.9 Å². The second-order valence-corrected chi connectivity index (χ2v) is 5.19. The number of hydrogen-bond acceptors (Lipinski definition) is 3. The van der Waals surface area contributed by atoms with Crippen molar-refractivity contribution in [3.05, 3.63) is 69.1 Å². The zero-order valence-corrected chi connectivity index (χ0v) is 12.8. The number of hydrogen-bond donors (Lipinski definition) is 1. The van der Waals surface area contributed by atoms with Crippen LogP contribution in [0.2, 0.25) is 0 Å². The smallest absolute Gasteiger partial charge is 0.263 e. The fourth-order valence-corrected chi connectivity index (χ4v) is 2.36. The van der Waals surface area contributed by atoms with Crippen molar-refractivity contribution in [3.63, 3.8) is 0 Å². The SMILES string of the molecule is CNC(=O)c1cc(C=O)cn(C(C)c2cccc(C)c2)c1=O. The molecule has 0 aliphatic rings. The number of carbonyl (C=O) groups excluding carboxylic acids is 2. The fourth-order valence-electron chi connectivity index (χ4n) is 2.36. The molecule has 1 atom stereocenters.